The summed E-state index contributed by atoms with van der Waals surface area (Å²) in [7, 11) is 1.40. The van der Waals surface area contributed by atoms with Gasteiger partial charge in [0, 0.05) is 13.1 Å². The lowest BCUT2D eigenvalue weighted by atomic mass is 10.1. The van der Waals surface area contributed by atoms with Crippen LogP contribution in [0.3, 0.4) is 0 Å². The van der Waals surface area contributed by atoms with Crippen LogP contribution in [0.15, 0.2) is 18.2 Å². The molecule has 4 nitrogen and oxygen atoms in total. The summed E-state index contributed by atoms with van der Waals surface area (Å²) in [6.07, 6.45) is 1.01. The predicted molar refractivity (Wildman–Crippen MR) is 71.2 cm³/mol. The Morgan fingerprint density at radius 1 is 1.42 bits per heavy atom. The summed E-state index contributed by atoms with van der Waals surface area (Å²) < 4.78 is 18.9. The van der Waals surface area contributed by atoms with Gasteiger partial charge in [-0.25, -0.2) is 4.39 Å². The van der Waals surface area contributed by atoms with Crippen molar-refractivity contribution in [3.05, 3.63) is 29.6 Å². The molecule has 1 aromatic rings. The van der Waals surface area contributed by atoms with E-state index >= 15 is 0 Å². The highest BCUT2D eigenvalue weighted by Crippen LogP contribution is 2.20. The molecule has 0 spiro atoms. The fraction of sp³-hybridized carbons (Fsp3) is 0.500. The first-order valence-corrected chi connectivity index (χ1v) is 6.51. The van der Waals surface area contributed by atoms with Gasteiger partial charge in [0.05, 0.1) is 19.2 Å². The molecule has 0 unspecified atom stereocenters. The molecular formula is C14H19FN2O2. The summed E-state index contributed by atoms with van der Waals surface area (Å²) in [6.45, 7) is 3.78. The van der Waals surface area contributed by atoms with Crippen molar-refractivity contribution in [2.45, 2.75) is 6.42 Å². The van der Waals surface area contributed by atoms with Gasteiger partial charge in [0.1, 0.15) is 0 Å². The van der Waals surface area contributed by atoms with Crippen LogP contribution in [0.25, 0.3) is 0 Å². The zero-order valence-electron chi connectivity index (χ0n) is 11.1. The highest BCUT2D eigenvalue weighted by Gasteiger charge is 2.18. The van der Waals surface area contributed by atoms with Crippen molar-refractivity contribution in [1.29, 1.82) is 0 Å². The highest BCUT2D eigenvalue weighted by atomic mass is 19.1. The van der Waals surface area contributed by atoms with Gasteiger partial charge in [0.2, 0.25) is 0 Å². The Morgan fingerprint density at radius 2 is 2.26 bits per heavy atom. The quantitative estimate of drug-likeness (QED) is 0.834. The third-order valence-electron chi connectivity index (χ3n) is 3.28. The third kappa shape index (κ3) is 3.52. The van der Waals surface area contributed by atoms with Gasteiger partial charge in [0.25, 0.3) is 0 Å². The van der Waals surface area contributed by atoms with Gasteiger partial charge < -0.3 is 10.1 Å². The molecule has 0 radical (unpaired) electrons. The Kier molecular flexibility index (Phi) is 4.87. The Bertz CT molecular complexity index is 443. The number of methoxy groups -OCH3 is 1. The van der Waals surface area contributed by atoms with Gasteiger partial charge in [-0.3, -0.25) is 9.69 Å². The molecule has 0 aliphatic carbocycles. The van der Waals surface area contributed by atoms with Crippen LogP contribution >= 0.6 is 0 Å². The molecule has 2 rings (SSSR count). The second-order valence-corrected chi connectivity index (χ2v) is 4.62. The summed E-state index contributed by atoms with van der Waals surface area (Å²) in [5.41, 5.74) is 0.108. The van der Waals surface area contributed by atoms with Crippen molar-refractivity contribution in [1.82, 2.24) is 10.2 Å². The first-order valence-electron chi connectivity index (χ1n) is 6.51. The van der Waals surface area contributed by atoms with Crippen molar-refractivity contribution in [3.63, 3.8) is 0 Å². The van der Waals surface area contributed by atoms with Gasteiger partial charge >= 0.3 is 0 Å². The lowest BCUT2D eigenvalue weighted by molar-refractivity contribution is 0.0930. The second kappa shape index (κ2) is 6.63. The maximum Gasteiger partial charge on any atom is 0.179 e. The van der Waals surface area contributed by atoms with Crippen molar-refractivity contribution in [2.75, 3.05) is 39.8 Å². The van der Waals surface area contributed by atoms with E-state index in [1.54, 1.807) is 6.07 Å². The molecule has 1 heterocycles. The fourth-order valence-electron chi connectivity index (χ4n) is 2.23. The van der Waals surface area contributed by atoms with Crippen molar-refractivity contribution in [2.24, 2.45) is 0 Å². The van der Waals surface area contributed by atoms with E-state index in [-0.39, 0.29) is 23.6 Å². The Balaban J connectivity index is 2.06. The summed E-state index contributed by atoms with van der Waals surface area (Å²) >= 11 is 0. The summed E-state index contributed by atoms with van der Waals surface area (Å²) in [4.78, 5) is 14.2. The Labute approximate surface area is 112 Å². The minimum atomic E-state index is -0.567. The molecule has 1 saturated heterocycles. The molecule has 1 aromatic carbocycles. The number of benzene rings is 1. The number of hydrogen-bond acceptors (Lipinski definition) is 4. The van der Waals surface area contributed by atoms with Crippen molar-refractivity contribution < 1.29 is 13.9 Å². The van der Waals surface area contributed by atoms with E-state index in [4.69, 9.17) is 4.74 Å². The number of carbonyl (C=O) groups is 1. The van der Waals surface area contributed by atoms with Gasteiger partial charge in [0.15, 0.2) is 17.3 Å². The number of carbonyl (C=O) groups excluding carboxylic acids is 1. The molecule has 19 heavy (non-hydrogen) atoms. The van der Waals surface area contributed by atoms with E-state index in [0.717, 1.165) is 32.6 Å². The number of ether oxygens (including phenoxy) is 1. The normalized spacial score (nSPS) is 16.9. The van der Waals surface area contributed by atoms with Crippen LogP contribution in [0.2, 0.25) is 0 Å². The van der Waals surface area contributed by atoms with Crippen LogP contribution in [0.1, 0.15) is 16.8 Å². The smallest absolute Gasteiger partial charge is 0.179 e. The van der Waals surface area contributed by atoms with E-state index in [0.29, 0.717) is 0 Å². The number of rotatable bonds is 4. The van der Waals surface area contributed by atoms with Crippen LogP contribution in [-0.2, 0) is 0 Å². The minimum absolute atomic E-state index is 0.108. The lowest BCUT2D eigenvalue weighted by Gasteiger charge is -2.18. The predicted octanol–water partition coefficient (Wildman–Crippen LogP) is 1.31. The number of ketones is 1. The molecule has 0 aromatic heterocycles. The summed E-state index contributed by atoms with van der Waals surface area (Å²) in [5.74, 6) is -0.648. The first-order chi connectivity index (χ1) is 9.22. The van der Waals surface area contributed by atoms with Crippen LogP contribution in [-0.4, -0.2) is 50.5 Å². The lowest BCUT2D eigenvalue weighted by Crippen LogP contribution is -2.33. The van der Waals surface area contributed by atoms with Crippen molar-refractivity contribution in [3.8, 4) is 5.75 Å². The van der Waals surface area contributed by atoms with Crippen LogP contribution in [0.5, 0.6) is 5.75 Å². The van der Waals surface area contributed by atoms with E-state index in [1.807, 2.05) is 0 Å². The monoisotopic (exact) mass is 266 g/mol. The molecule has 1 aliphatic rings. The largest absolute Gasteiger partial charge is 0.494 e. The molecular weight excluding hydrogens is 247 g/mol. The molecule has 5 heteroatoms. The molecule has 0 saturated carbocycles. The maximum absolute atomic E-state index is 14.0. The minimum Gasteiger partial charge on any atom is -0.494 e. The summed E-state index contributed by atoms with van der Waals surface area (Å²) in [5, 5.41) is 3.27. The molecule has 1 fully saturated rings. The van der Waals surface area contributed by atoms with Crippen LogP contribution < -0.4 is 10.1 Å². The zero-order valence-corrected chi connectivity index (χ0v) is 11.1. The average Bonchev–Trinajstić information content (AvgIpc) is 2.67. The van der Waals surface area contributed by atoms with Crippen LogP contribution in [0, 0.1) is 5.82 Å². The number of nitrogens with zero attached hydrogens (tertiary/aromatic N) is 1. The van der Waals surface area contributed by atoms with Gasteiger partial charge in [-0.05, 0) is 31.6 Å². The standard InChI is InChI=1S/C14H19FN2O2/c1-19-13-5-2-4-11(14(13)15)12(18)10-17-8-3-6-16-7-9-17/h2,4-5,16H,3,6-10H2,1H3. The molecule has 1 aliphatic heterocycles. The molecule has 0 bridgehead atoms. The Morgan fingerprint density at radius 3 is 3.05 bits per heavy atom. The maximum atomic E-state index is 14.0. The van der Waals surface area contributed by atoms with E-state index in [2.05, 4.69) is 10.2 Å². The van der Waals surface area contributed by atoms with E-state index in [1.165, 1.54) is 19.2 Å². The van der Waals surface area contributed by atoms with Gasteiger partial charge in [-0.1, -0.05) is 6.07 Å². The number of nitrogens with one attached hydrogen (secondary N) is 1. The highest BCUT2D eigenvalue weighted by molar-refractivity contribution is 5.98. The van der Waals surface area contributed by atoms with E-state index in [9.17, 15) is 9.18 Å². The van der Waals surface area contributed by atoms with E-state index < -0.39 is 5.82 Å². The average molecular weight is 266 g/mol. The van der Waals surface area contributed by atoms with Crippen LogP contribution in [0.4, 0.5) is 4.39 Å². The zero-order chi connectivity index (χ0) is 13.7. The first kappa shape index (κ1) is 14.0. The SMILES string of the molecule is COc1cccc(C(=O)CN2CCCNCC2)c1F. The molecule has 104 valence electrons. The number of hydrogen-bond donors (Lipinski definition) is 1. The Hall–Kier alpha value is -1.46. The number of halogens is 1. The summed E-state index contributed by atoms with van der Waals surface area (Å²) in [6, 6.07) is 4.66. The topological polar surface area (TPSA) is 41.6 Å². The second-order valence-electron chi connectivity index (χ2n) is 4.62. The van der Waals surface area contributed by atoms with Crippen molar-refractivity contribution >= 4 is 5.78 Å². The third-order valence-corrected chi connectivity index (χ3v) is 3.28. The fourth-order valence-corrected chi connectivity index (χ4v) is 2.23. The molecule has 0 amide bonds. The number of Topliss-reactive ketones (excluding diaryl/α,β-unsaturated/α-hetero) is 1. The molecule has 1 N–H and O–H groups in total. The van der Waals surface area contributed by atoms with Gasteiger partial charge in [-0.15, -0.1) is 0 Å². The molecule has 0 atom stereocenters. The van der Waals surface area contributed by atoms with Gasteiger partial charge in [-0.2, -0.15) is 0 Å².